The number of aromatic nitrogens is 1. The maximum atomic E-state index is 12.5. The van der Waals surface area contributed by atoms with E-state index in [1.165, 1.54) is 6.20 Å². The lowest BCUT2D eigenvalue weighted by atomic mass is 10.1. The number of para-hydroxylation sites is 1. The molecule has 0 bridgehead atoms. The molecule has 3 N–H and O–H groups in total. The first kappa shape index (κ1) is 21.7. The van der Waals surface area contributed by atoms with Gasteiger partial charge in [0.05, 0.1) is 12.6 Å². The van der Waals surface area contributed by atoms with Gasteiger partial charge in [0.25, 0.3) is 5.91 Å². The van der Waals surface area contributed by atoms with E-state index < -0.39 is 5.91 Å². The van der Waals surface area contributed by atoms with Crippen LogP contribution in [0.3, 0.4) is 0 Å². The Morgan fingerprint density at radius 3 is 2.60 bits per heavy atom. The highest BCUT2D eigenvalue weighted by Gasteiger charge is 2.20. The van der Waals surface area contributed by atoms with Crippen LogP contribution in [0.1, 0.15) is 35.8 Å². The molecule has 0 spiro atoms. The number of nitrogens with zero attached hydrogens (tertiary/aromatic N) is 1. The SMILES string of the molecule is CCN(CC)C(CNC(=O)CNC(=O)c1c[nH]c2ccccc2c1=O)c1ccsc1. The quantitative estimate of drug-likeness (QED) is 0.490. The van der Waals surface area contributed by atoms with Crippen molar-refractivity contribution in [3.8, 4) is 0 Å². The van der Waals surface area contributed by atoms with E-state index in [-0.39, 0.29) is 29.5 Å². The van der Waals surface area contributed by atoms with Crippen LogP contribution in [0, 0.1) is 0 Å². The molecule has 1 atom stereocenters. The number of benzene rings is 1. The summed E-state index contributed by atoms with van der Waals surface area (Å²) in [6, 6.07) is 9.12. The molecule has 7 nitrogen and oxygen atoms in total. The maximum absolute atomic E-state index is 12.5. The summed E-state index contributed by atoms with van der Waals surface area (Å²) in [5.41, 5.74) is 1.45. The Labute approximate surface area is 179 Å². The monoisotopic (exact) mass is 426 g/mol. The zero-order chi connectivity index (χ0) is 21.5. The number of thiophene rings is 1. The Hall–Kier alpha value is -2.97. The number of hydrogen-bond acceptors (Lipinski definition) is 5. The summed E-state index contributed by atoms with van der Waals surface area (Å²) in [7, 11) is 0. The van der Waals surface area contributed by atoms with Crippen LogP contribution >= 0.6 is 11.3 Å². The fraction of sp³-hybridized carbons (Fsp3) is 0.318. The number of aromatic amines is 1. The number of carbonyl (C=O) groups is 2. The van der Waals surface area contributed by atoms with E-state index in [2.05, 4.69) is 45.8 Å². The maximum Gasteiger partial charge on any atom is 0.257 e. The van der Waals surface area contributed by atoms with E-state index in [0.29, 0.717) is 17.4 Å². The first-order valence-corrected chi connectivity index (χ1v) is 10.9. The second-order valence-electron chi connectivity index (χ2n) is 6.86. The zero-order valence-electron chi connectivity index (χ0n) is 17.1. The third kappa shape index (κ3) is 4.95. The normalized spacial score (nSPS) is 12.1. The molecule has 2 aromatic heterocycles. The Morgan fingerprint density at radius 2 is 1.90 bits per heavy atom. The van der Waals surface area contributed by atoms with Crippen molar-refractivity contribution in [3.05, 3.63) is 68.6 Å². The van der Waals surface area contributed by atoms with Gasteiger partial charge in [0.2, 0.25) is 11.3 Å². The average Bonchev–Trinajstić information content (AvgIpc) is 3.30. The van der Waals surface area contributed by atoms with Gasteiger partial charge in [0.1, 0.15) is 5.56 Å². The van der Waals surface area contributed by atoms with Gasteiger partial charge in [-0.25, -0.2) is 0 Å². The van der Waals surface area contributed by atoms with Gasteiger partial charge >= 0.3 is 0 Å². The number of nitrogens with one attached hydrogen (secondary N) is 3. The minimum Gasteiger partial charge on any atom is -0.360 e. The van der Waals surface area contributed by atoms with Gasteiger partial charge in [0, 0.05) is 23.6 Å². The smallest absolute Gasteiger partial charge is 0.257 e. The summed E-state index contributed by atoms with van der Waals surface area (Å²) in [5, 5.41) is 9.98. The molecule has 3 rings (SSSR count). The largest absolute Gasteiger partial charge is 0.360 e. The topological polar surface area (TPSA) is 94.3 Å². The number of carbonyl (C=O) groups excluding carboxylic acids is 2. The third-order valence-electron chi connectivity index (χ3n) is 5.12. The molecule has 0 saturated carbocycles. The highest BCUT2D eigenvalue weighted by atomic mass is 32.1. The minimum absolute atomic E-state index is 0.0132. The van der Waals surface area contributed by atoms with Gasteiger partial charge in [-0.2, -0.15) is 11.3 Å². The molecule has 0 aliphatic heterocycles. The Morgan fingerprint density at radius 1 is 1.13 bits per heavy atom. The van der Waals surface area contributed by atoms with Crippen LogP contribution in [0.25, 0.3) is 10.9 Å². The molecule has 30 heavy (non-hydrogen) atoms. The van der Waals surface area contributed by atoms with E-state index in [1.807, 2.05) is 11.4 Å². The predicted molar refractivity (Wildman–Crippen MR) is 120 cm³/mol. The van der Waals surface area contributed by atoms with Crippen LogP contribution < -0.4 is 16.1 Å². The number of H-pyrrole nitrogens is 1. The molecule has 0 aliphatic carbocycles. The third-order valence-corrected chi connectivity index (χ3v) is 5.82. The minimum atomic E-state index is -0.574. The van der Waals surface area contributed by atoms with Crippen molar-refractivity contribution in [2.24, 2.45) is 0 Å². The van der Waals surface area contributed by atoms with E-state index in [9.17, 15) is 14.4 Å². The summed E-state index contributed by atoms with van der Waals surface area (Å²) in [6.45, 7) is 6.17. The molecule has 0 radical (unpaired) electrons. The first-order valence-electron chi connectivity index (χ1n) is 9.96. The Kier molecular flexibility index (Phi) is 7.37. The van der Waals surface area contributed by atoms with Crippen LogP contribution in [0.15, 0.2) is 52.1 Å². The summed E-state index contributed by atoms with van der Waals surface area (Å²) < 4.78 is 0. The standard InChI is InChI=1S/C22H26N4O3S/c1-3-26(4-2)19(15-9-10-30-14-15)12-24-20(27)13-25-22(29)17-11-23-18-8-6-5-7-16(18)21(17)28/h5-11,14,19H,3-4,12-13H2,1-2H3,(H,23,28)(H,24,27)(H,25,29). The lowest BCUT2D eigenvalue weighted by Gasteiger charge is -2.29. The molecule has 2 heterocycles. The molecule has 3 aromatic rings. The summed E-state index contributed by atoms with van der Waals surface area (Å²) >= 11 is 1.63. The van der Waals surface area contributed by atoms with E-state index in [1.54, 1.807) is 29.5 Å². The molecule has 158 valence electrons. The van der Waals surface area contributed by atoms with Gasteiger partial charge in [0.15, 0.2) is 0 Å². The lowest BCUT2D eigenvalue weighted by molar-refractivity contribution is -0.120. The van der Waals surface area contributed by atoms with Crippen molar-refractivity contribution >= 4 is 34.1 Å². The van der Waals surface area contributed by atoms with Crippen molar-refractivity contribution in [2.75, 3.05) is 26.2 Å². The number of fused-ring (bicyclic) bond motifs is 1. The van der Waals surface area contributed by atoms with Crippen LogP contribution in [0.5, 0.6) is 0 Å². The van der Waals surface area contributed by atoms with Crippen molar-refractivity contribution < 1.29 is 9.59 Å². The molecular weight excluding hydrogens is 400 g/mol. The van der Waals surface area contributed by atoms with Gasteiger partial charge in [-0.15, -0.1) is 0 Å². The second-order valence-corrected chi connectivity index (χ2v) is 7.64. The van der Waals surface area contributed by atoms with Crippen molar-refractivity contribution in [2.45, 2.75) is 19.9 Å². The highest BCUT2D eigenvalue weighted by Crippen LogP contribution is 2.22. The molecule has 0 aliphatic rings. The molecule has 1 unspecified atom stereocenters. The summed E-state index contributed by atoms with van der Waals surface area (Å²) in [4.78, 5) is 42.5. The zero-order valence-corrected chi connectivity index (χ0v) is 17.9. The van der Waals surface area contributed by atoms with E-state index >= 15 is 0 Å². The van der Waals surface area contributed by atoms with Gasteiger partial charge in [-0.3, -0.25) is 19.3 Å². The Balaban J connectivity index is 1.59. The molecule has 0 fully saturated rings. The number of pyridine rings is 1. The lowest BCUT2D eigenvalue weighted by Crippen LogP contribution is -2.42. The van der Waals surface area contributed by atoms with Gasteiger partial charge < -0.3 is 15.6 Å². The van der Waals surface area contributed by atoms with Crippen LogP contribution in [-0.4, -0.2) is 47.9 Å². The molecule has 2 amide bonds. The van der Waals surface area contributed by atoms with E-state index in [0.717, 1.165) is 18.7 Å². The fourth-order valence-corrected chi connectivity index (χ4v) is 4.16. The number of hydrogen-bond donors (Lipinski definition) is 3. The Bertz CT molecular complexity index is 1060. The highest BCUT2D eigenvalue weighted by molar-refractivity contribution is 7.08. The van der Waals surface area contributed by atoms with Gasteiger partial charge in [-0.1, -0.05) is 26.0 Å². The van der Waals surface area contributed by atoms with Crippen molar-refractivity contribution in [1.82, 2.24) is 20.5 Å². The van der Waals surface area contributed by atoms with Crippen LogP contribution in [-0.2, 0) is 4.79 Å². The molecular formula is C22H26N4O3S. The summed E-state index contributed by atoms with van der Waals surface area (Å²) in [6.07, 6.45) is 1.38. The van der Waals surface area contributed by atoms with Crippen LogP contribution in [0.4, 0.5) is 0 Å². The van der Waals surface area contributed by atoms with Crippen LogP contribution in [0.2, 0.25) is 0 Å². The van der Waals surface area contributed by atoms with Crippen molar-refractivity contribution in [3.63, 3.8) is 0 Å². The average molecular weight is 427 g/mol. The molecule has 0 saturated heterocycles. The number of amides is 2. The van der Waals surface area contributed by atoms with Crippen molar-refractivity contribution in [1.29, 1.82) is 0 Å². The molecule has 1 aromatic carbocycles. The number of likely N-dealkylation sites (N-methyl/N-ethyl adjacent to an activating group) is 1. The fourth-order valence-electron chi connectivity index (χ4n) is 3.45. The van der Waals surface area contributed by atoms with Gasteiger partial charge in [-0.05, 0) is 47.6 Å². The first-order chi connectivity index (χ1) is 14.5. The predicted octanol–water partition coefficient (Wildman–Crippen LogP) is 2.52. The van der Waals surface area contributed by atoms with E-state index in [4.69, 9.17) is 0 Å². The summed E-state index contributed by atoms with van der Waals surface area (Å²) in [5.74, 6) is -0.872. The second kappa shape index (κ2) is 10.2. The number of rotatable bonds is 9. The molecule has 8 heteroatoms.